The van der Waals surface area contributed by atoms with E-state index in [0.29, 0.717) is 5.02 Å². The summed E-state index contributed by atoms with van der Waals surface area (Å²) in [6, 6.07) is 10.0. The molecule has 1 heterocycles. The zero-order valence-corrected chi connectivity index (χ0v) is 16.0. The number of amides is 1. The minimum Gasteiger partial charge on any atom is -0.323 e. The molecule has 0 spiro atoms. The predicted molar refractivity (Wildman–Crippen MR) is 103 cm³/mol. The Hall–Kier alpha value is -2.91. The van der Waals surface area contributed by atoms with Crippen LogP contribution in [0.4, 0.5) is 18.9 Å². The van der Waals surface area contributed by atoms with E-state index in [2.05, 4.69) is 20.7 Å². The second kappa shape index (κ2) is 8.62. The molecule has 3 rings (SSSR count). The van der Waals surface area contributed by atoms with Gasteiger partial charge in [-0.15, -0.1) is 0 Å². The van der Waals surface area contributed by atoms with Crippen molar-refractivity contribution in [2.45, 2.75) is 19.1 Å². The highest BCUT2D eigenvalue weighted by Gasteiger charge is 2.31. The number of benzene rings is 2. The van der Waals surface area contributed by atoms with Crippen molar-refractivity contribution in [2.75, 3.05) is 11.9 Å². The highest BCUT2D eigenvalue weighted by Crippen LogP contribution is 2.33. The molecule has 1 atom stereocenters. The van der Waals surface area contributed by atoms with E-state index in [1.54, 1.807) is 18.2 Å². The van der Waals surface area contributed by atoms with E-state index in [4.69, 9.17) is 11.6 Å². The topological polar surface area (TPSA) is 71.8 Å². The summed E-state index contributed by atoms with van der Waals surface area (Å²) in [6.45, 7) is 1.74. The summed E-state index contributed by atoms with van der Waals surface area (Å²) in [4.78, 5) is 16.2. The van der Waals surface area contributed by atoms with Crippen LogP contribution >= 0.6 is 11.6 Å². The summed E-state index contributed by atoms with van der Waals surface area (Å²) >= 11 is 5.96. The molecule has 2 aromatic carbocycles. The average Bonchev–Trinajstić information content (AvgIpc) is 3.20. The van der Waals surface area contributed by atoms with Crippen LogP contribution in [0.2, 0.25) is 5.02 Å². The van der Waals surface area contributed by atoms with Gasteiger partial charge in [0.05, 0.1) is 23.5 Å². The van der Waals surface area contributed by atoms with Crippen LogP contribution < -0.4 is 10.6 Å². The second-order valence-corrected chi connectivity index (χ2v) is 6.71. The molecular weight excluding hydrogens is 407 g/mol. The van der Waals surface area contributed by atoms with Crippen LogP contribution in [0.1, 0.15) is 24.1 Å². The maximum absolute atomic E-state index is 13.1. The van der Waals surface area contributed by atoms with Gasteiger partial charge in [0.2, 0.25) is 5.91 Å². The molecule has 0 bridgehead atoms. The van der Waals surface area contributed by atoms with Gasteiger partial charge in [-0.25, -0.2) is 9.67 Å². The van der Waals surface area contributed by atoms with E-state index in [0.717, 1.165) is 17.7 Å². The lowest BCUT2D eigenvalue weighted by Crippen LogP contribution is -2.30. The first-order valence-corrected chi connectivity index (χ1v) is 8.97. The van der Waals surface area contributed by atoms with Gasteiger partial charge >= 0.3 is 6.18 Å². The van der Waals surface area contributed by atoms with Crippen LogP contribution in [0, 0.1) is 0 Å². The molecule has 3 aromatic rings. The van der Waals surface area contributed by atoms with Crippen LogP contribution in [0.25, 0.3) is 5.69 Å². The highest BCUT2D eigenvalue weighted by molar-refractivity contribution is 6.30. The number of anilines is 1. The average molecular weight is 424 g/mol. The Bertz CT molecular complexity index is 992. The largest absolute Gasteiger partial charge is 0.416 e. The Morgan fingerprint density at radius 1 is 1.24 bits per heavy atom. The van der Waals surface area contributed by atoms with E-state index in [1.165, 1.54) is 23.4 Å². The standard InChI is InChI=1S/C19H17ClF3N5O/c1-12(13-3-2-4-15(20)7-13)25-9-18(29)27-16-8-14(19(21,22)23)5-6-17(16)28-11-24-10-26-28/h2-8,10-12,25H,9H2,1H3,(H,27,29)/t12-/m1/s1. The summed E-state index contributed by atoms with van der Waals surface area (Å²) in [7, 11) is 0. The molecule has 0 aliphatic carbocycles. The van der Waals surface area contributed by atoms with Gasteiger partial charge in [0.15, 0.2) is 0 Å². The van der Waals surface area contributed by atoms with Crippen LogP contribution in [0.5, 0.6) is 0 Å². The Balaban J connectivity index is 1.74. The number of nitrogens with one attached hydrogen (secondary N) is 2. The molecular formula is C19H17ClF3N5O. The van der Waals surface area contributed by atoms with Gasteiger partial charge in [-0.05, 0) is 42.8 Å². The number of halogens is 4. The quantitative estimate of drug-likeness (QED) is 0.622. The summed E-state index contributed by atoms with van der Waals surface area (Å²) in [6.07, 6.45) is -1.96. The van der Waals surface area contributed by atoms with Crippen LogP contribution in [0.3, 0.4) is 0 Å². The van der Waals surface area contributed by atoms with Gasteiger partial charge < -0.3 is 10.6 Å². The van der Waals surface area contributed by atoms with Gasteiger partial charge in [0.1, 0.15) is 12.7 Å². The van der Waals surface area contributed by atoms with Crippen molar-refractivity contribution >= 4 is 23.2 Å². The first-order chi connectivity index (χ1) is 13.7. The lowest BCUT2D eigenvalue weighted by atomic mass is 10.1. The molecule has 0 unspecified atom stereocenters. The molecule has 10 heteroatoms. The lowest BCUT2D eigenvalue weighted by molar-refractivity contribution is -0.137. The van der Waals surface area contributed by atoms with Crippen molar-refractivity contribution in [2.24, 2.45) is 0 Å². The molecule has 152 valence electrons. The van der Waals surface area contributed by atoms with E-state index < -0.39 is 17.6 Å². The van der Waals surface area contributed by atoms with E-state index in [1.807, 2.05) is 13.0 Å². The smallest absolute Gasteiger partial charge is 0.323 e. The Morgan fingerprint density at radius 3 is 2.69 bits per heavy atom. The van der Waals surface area contributed by atoms with Crippen LogP contribution in [0.15, 0.2) is 55.1 Å². The first kappa shape index (κ1) is 20.8. The molecule has 6 nitrogen and oxygen atoms in total. The number of hydrogen-bond donors (Lipinski definition) is 2. The Labute approximate surface area is 169 Å². The third kappa shape index (κ3) is 5.33. The summed E-state index contributed by atoms with van der Waals surface area (Å²) in [5.41, 5.74) is 0.254. The number of alkyl halides is 3. The minimum absolute atomic E-state index is 0.0208. The Kier molecular flexibility index (Phi) is 6.19. The van der Waals surface area contributed by atoms with Crippen molar-refractivity contribution < 1.29 is 18.0 Å². The van der Waals surface area contributed by atoms with Crippen LogP contribution in [-0.4, -0.2) is 27.2 Å². The van der Waals surface area contributed by atoms with Gasteiger partial charge in [-0.1, -0.05) is 23.7 Å². The van der Waals surface area contributed by atoms with Crippen molar-refractivity contribution in [3.63, 3.8) is 0 Å². The fraction of sp³-hybridized carbons (Fsp3) is 0.211. The Morgan fingerprint density at radius 2 is 2.03 bits per heavy atom. The number of hydrogen-bond acceptors (Lipinski definition) is 4. The number of aromatic nitrogens is 3. The third-order valence-corrected chi connectivity index (χ3v) is 4.42. The highest BCUT2D eigenvalue weighted by atomic mass is 35.5. The molecule has 0 saturated heterocycles. The zero-order valence-electron chi connectivity index (χ0n) is 15.2. The normalized spacial score (nSPS) is 12.6. The molecule has 1 amide bonds. The maximum atomic E-state index is 13.1. The number of nitrogens with zero attached hydrogens (tertiary/aromatic N) is 3. The van der Waals surface area contributed by atoms with Crippen molar-refractivity contribution in [1.29, 1.82) is 0 Å². The van der Waals surface area contributed by atoms with E-state index >= 15 is 0 Å². The van der Waals surface area contributed by atoms with Crippen molar-refractivity contribution in [3.8, 4) is 5.69 Å². The van der Waals surface area contributed by atoms with E-state index in [-0.39, 0.29) is 24.0 Å². The molecule has 1 aromatic heterocycles. The number of rotatable bonds is 6. The summed E-state index contributed by atoms with van der Waals surface area (Å²) in [5, 5.41) is 10.0. The number of carbonyl (C=O) groups is 1. The molecule has 29 heavy (non-hydrogen) atoms. The maximum Gasteiger partial charge on any atom is 0.416 e. The molecule has 0 aliphatic rings. The van der Waals surface area contributed by atoms with Gasteiger partial charge in [0.25, 0.3) is 0 Å². The monoisotopic (exact) mass is 423 g/mol. The minimum atomic E-state index is -4.54. The van der Waals surface area contributed by atoms with Crippen molar-refractivity contribution in [3.05, 3.63) is 71.3 Å². The fourth-order valence-corrected chi connectivity index (χ4v) is 2.88. The van der Waals surface area contributed by atoms with Crippen LogP contribution in [-0.2, 0) is 11.0 Å². The van der Waals surface area contributed by atoms with Gasteiger partial charge in [0, 0.05) is 11.1 Å². The van der Waals surface area contributed by atoms with Gasteiger partial charge in [-0.2, -0.15) is 18.3 Å². The molecule has 0 fully saturated rings. The SMILES string of the molecule is C[C@@H](NCC(=O)Nc1cc(C(F)(F)F)ccc1-n1cncn1)c1cccc(Cl)c1. The first-order valence-electron chi connectivity index (χ1n) is 8.59. The summed E-state index contributed by atoms with van der Waals surface area (Å²) in [5.74, 6) is -0.500. The second-order valence-electron chi connectivity index (χ2n) is 6.28. The van der Waals surface area contributed by atoms with Gasteiger partial charge in [-0.3, -0.25) is 4.79 Å². The number of carbonyl (C=O) groups excluding carboxylic acids is 1. The molecule has 0 saturated carbocycles. The lowest BCUT2D eigenvalue weighted by Gasteiger charge is -2.16. The predicted octanol–water partition coefficient (Wildman–Crippen LogP) is 4.23. The van der Waals surface area contributed by atoms with E-state index in [9.17, 15) is 18.0 Å². The van der Waals surface area contributed by atoms with Crippen molar-refractivity contribution in [1.82, 2.24) is 20.1 Å². The molecule has 2 N–H and O–H groups in total. The molecule has 0 radical (unpaired) electrons. The fourth-order valence-electron chi connectivity index (χ4n) is 2.68. The third-order valence-electron chi connectivity index (χ3n) is 4.18. The molecule has 0 aliphatic heterocycles. The zero-order chi connectivity index (χ0) is 21.0. The summed E-state index contributed by atoms with van der Waals surface area (Å²) < 4.78 is 40.5.